The predicted molar refractivity (Wildman–Crippen MR) is 137 cm³/mol. The monoisotopic (exact) mass is 591 g/mol. The smallest absolute Gasteiger partial charge is 0.301 e. The van der Waals surface area contributed by atoms with Crippen molar-refractivity contribution in [3.63, 3.8) is 0 Å². The van der Waals surface area contributed by atoms with Gasteiger partial charge in [0.05, 0.1) is 33.7 Å². The molecule has 0 unspecified atom stereocenters. The lowest BCUT2D eigenvalue weighted by Crippen LogP contribution is -2.11. The molecular weight excluding hydrogens is 572 g/mol. The van der Waals surface area contributed by atoms with Gasteiger partial charge in [-0.2, -0.15) is 26.3 Å². The van der Waals surface area contributed by atoms with Crippen molar-refractivity contribution in [3.05, 3.63) is 96.2 Å². The minimum atomic E-state index is -4.74. The van der Waals surface area contributed by atoms with Crippen LogP contribution in [-0.2, 0) is 22.2 Å². The number of imidazole rings is 1. The molecule has 0 saturated carbocycles. The average Bonchev–Trinajstić information content (AvgIpc) is 3.54. The van der Waals surface area contributed by atoms with Crippen molar-refractivity contribution in [2.24, 2.45) is 0 Å². The maximum absolute atomic E-state index is 13.9. The van der Waals surface area contributed by atoms with E-state index >= 15 is 0 Å². The first-order valence-corrected chi connectivity index (χ1v) is 13.7. The number of hydrogen-bond acceptors (Lipinski definition) is 5. The van der Waals surface area contributed by atoms with Crippen LogP contribution in [0.3, 0.4) is 0 Å². The fourth-order valence-electron chi connectivity index (χ4n) is 4.39. The highest BCUT2D eigenvalue weighted by Gasteiger charge is 2.36. The maximum atomic E-state index is 13.9. The quantitative estimate of drug-likeness (QED) is 0.217. The van der Waals surface area contributed by atoms with Crippen molar-refractivity contribution in [3.8, 4) is 33.8 Å². The second-order valence-corrected chi connectivity index (χ2v) is 11.1. The zero-order valence-electron chi connectivity index (χ0n) is 21.2. The first-order valence-electron chi connectivity index (χ1n) is 11.8. The predicted octanol–water partition coefficient (Wildman–Crippen LogP) is 6.54. The lowest BCUT2D eigenvalue weighted by molar-refractivity contribution is -0.141. The summed E-state index contributed by atoms with van der Waals surface area (Å²) in [5.41, 5.74) is -1.39. The number of aryl methyl sites for hydroxylation is 1. The summed E-state index contributed by atoms with van der Waals surface area (Å²) >= 11 is 0. The molecule has 0 radical (unpaired) electrons. The molecule has 41 heavy (non-hydrogen) atoms. The first-order chi connectivity index (χ1) is 19.1. The molecule has 0 amide bonds. The van der Waals surface area contributed by atoms with E-state index < -0.39 is 33.4 Å². The lowest BCUT2D eigenvalue weighted by atomic mass is 10.0. The van der Waals surface area contributed by atoms with Gasteiger partial charge in [0.2, 0.25) is 0 Å². The summed E-state index contributed by atoms with van der Waals surface area (Å²) in [7, 11) is -3.57. The molecule has 0 saturated heterocycles. The Hall–Kier alpha value is -4.46. The summed E-state index contributed by atoms with van der Waals surface area (Å²) in [6.07, 6.45) is -6.52. The molecule has 5 aromatic rings. The SMILES string of the molecule is Cc1nc(C(F)(F)F)cn1-c1ccc(-c2cccc(S(C)(=O)=O)c2)cc1-n1nncc1-c1ccccc1C(F)(F)F. The number of nitrogens with zero attached hydrogens (tertiary/aromatic N) is 5. The number of halogens is 6. The summed E-state index contributed by atoms with van der Waals surface area (Å²) in [6, 6.07) is 15.2. The maximum Gasteiger partial charge on any atom is 0.434 e. The molecule has 3 aromatic carbocycles. The molecule has 0 aliphatic carbocycles. The molecule has 0 fully saturated rings. The van der Waals surface area contributed by atoms with Crippen LogP contribution in [0.5, 0.6) is 0 Å². The first kappa shape index (κ1) is 28.1. The van der Waals surface area contributed by atoms with Crippen molar-refractivity contribution >= 4 is 9.84 Å². The molecule has 0 aliphatic rings. The van der Waals surface area contributed by atoms with E-state index in [2.05, 4.69) is 15.3 Å². The zero-order valence-corrected chi connectivity index (χ0v) is 22.1. The van der Waals surface area contributed by atoms with Gasteiger partial charge in [0.15, 0.2) is 15.5 Å². The van der Waals surface area contributed by atoms with E-state index in [1.165, 1.54) is 55.5 Å². The molecule has 2 aromatic heterocycles. The Morgan fingerprint density at radius 3 is 2.17 bits per heavy atom. The summed E-state index contributed by atoms with van der Waals surface area (Å²) < 4.78 is 109. The van der Waals surface area contributed by atoms with Crippen molar-refractivity contribution < 1.29 is 34.8 Å². The van der Waals surface area contributed by atoms with Gasteiger partial charge >= 0.3 is 12.4 Å². The van der Waals surface area contributed by atoms with Crippen LogP contribution in [0.1, 0.15) is 17.1 Å². The van der Waals surface area contributed by atoms with Crippen LogP contribution in [0.2, 0.25) is 0 Å². The van der Waals surface area contributed by atoms with E-state index in [0.717, 1.165) is 34.0 Å². The number of sulfone groups is 1. The van der Waals surface area contributed by atoms with E-state index in [4.69, 9.17) is 0 Å². The van der Waals surface area contributed by atoms with Crippen molar-refractivity contribution in [2.45, 2.75) is 24.2 Å². The van der Waals surface area contributed by atoms with Crippen LogP contribution in [0.15, 0.2) is 84.0 Å². The third-order valence-corrected chi connectivity index (χ3v) is 7.40. The molecule has 0 atom stereocenters. The molecular formula is C27H19F6N5O2S. The lowest BCUT2D eigenvalue weighted by Gasteiger charge is -2.17. The van der Waals surface area contributed by atoms with Crippen LogP contribution in [-0.4, -0.2) is 39.2 Å². The minimum absolute atomic E-state index is 0.0291. The second-order valence-electron chi connectivity index (χ2n) is 9.12. The summed E-state index contributed by atoms with van der Waals surface area (Å²) in [4.78, 5) is 3.63. The number of alkyl halides is 6. The van der Waals surface area contributed by atoms with Crippen LogP contribution in [0, 0.1) is 6.92 Å². The average molecular weight is 592 g/mol. The Kier molecular flexibility index (Phi) is 6.76. The summed E-state index contributed by atoms with van der Waals surface area (Å²) in [5.74, 6) is -0.0391. The summed E-state index contributed by atoms with van der Waals surface area (Å²) in [5, 5.41) is 7.81. The van der Waals surface area contributed by atoms with Crippen molar-refractivity contribution in [1.82, 2.24) is 24.5 Å². The van der Waals surface area contributed by atoms with Crippen molar-refractivity contribution in [1.29, 1.82) is 0 Å². The van der Waals surface area contributed by atoms with Gasteiger partial charge in [-0.05, 0) is 48.4 Å². The van der Waals surface area contributed by atoms with Crippen molar-refractivity contribution in [2.75, 3.05) is 6.26 Å². The van der Waals surface area contributed by atoms with Crippen LogP contribution in [0.4, 0.5) is 26.3 Å². The van der Waals surface area contributed by atoms with Crippen LogP contribution >= 0.6 is 0 Å². The van der Waals surface area contributed by atoms with E-state index in [0.29, 0.717) is 11.1 Å². The van der Waals surface area contributed by atoms with Gasteiger partial charge in [0.25, 0.3) is 0 Å². The van der Waals surface area contributed by atoms with Gasteiger partial charge in [0.1, 0.15) is 5.82 Å². The van der Waals surface area contributed by atoms with Gasteiger partial charge in [-0.25, -0.2) is 18.1 Å². The topological polar surface area (TPSA) is 82.7 Å². The molecule has 2 heterocycles. The number of benzene rings is 3. The van der Waals surface area contributed by atoms with Gasteiger partial charge in [-0.3, -0.25) is 0 Å². The highest BCUT2D eigenvalue weighted by atomic mass is 32.2. The molecule has 0 bridgehead atoms. The highest BCUT2D eigenvalue weighted by molar-refractivity contribution is 7.90. The fraction of sp³-hybridized carbons (Fsp3) is 0.148. The second kappa shape index (κ2) is 9.87. The molecule has 0 aliphatic heterocycles. The number of aromatic nitrogens is 5. The molecule has 0 spiro atoms. The molecule has 212 valence electrons. The number of rotatable bonds is 5. The van der Waals surface area contributed by atoms with E-state index in [9.17, 15) is 34.8 Å². The van der Waals surface area contributed by atoms with Gasteiger partial charge < -0.3 is 4.57 Å². The Labute approximate surface area is 229 Å². The van der Waals surface area contributed by atoms with E-state index in [1.807, 2.05) is 0 Å². The van der Waals surface area contributed by atoms with E-state index in [1.54, 1.807) is 12.1 Å². The largest absolute Gasteiger partial charge is 0.434 e. The van der Waals surface area contributed by atoms with Gasteiger partial charge in [0, 0.05) is 18.0 Å². The standard InChI is InChI=1S/C27H19F6N5O2S/c1-16-35-25(27(31,32)33)15-37(16)22-11-10-18(17-6-5-7-19(12-17)41(2,39)40)13-23(22)38-24(14-34-36-38)20-8-3-4-9-21(20)26(28,29)30/h3-15H,1-2H3. The third kappa shape index (κ3) is 5.46. The Morgan fingerprint density at radius 2 is 1.51 bits per heavy atom. The third-order valence-electron chi connectivity index (χ3n) is 6.29. The molecule has 5 rings (SSSR count). The Balaban J connectivity index is 1.78. The van der Waals surface area contributed by atoms with Gasteiger partial charge in [-0.1, -0.05) is 41.6 Å². The highest BCUT2D eigenvalue weighted by Crippen LogP contribution is 2.39. The van der Waals surface area contributed by atoms with Gasteiger partial charge in [-0.15, -0.1) is 5.10 Å². The molecule has 14 heteroatoms. The summed E-state index contributed by atoms with van der Waals surface area (Å²) in [6.45, 7) is 1.35. The van der Waals surface area contributed by atoms with Crippen LogP contribution < -0.4 is 0 Å². The van der Waals surface area contributed by atoms with Crippen LogP contribution in [0.25, 0.3) is 33.8 Å². The number of hydrogen-bond donors (Lipinski definition) is 0. The Bertz CT molecular complexity index is 1870. The van der Waals surface area contributed by atoms with E-state index in [-0.39, 0.29) is 33.4 Å². The fourth-order valence-corrected chi connectivity index (χ4v) is 5.05. The zero-order chi connectivity index (χ0) is 29.7. The molecule has 0 N–H and O–H groups in total. The molecule has 7 nitrogen and oxygen atoms in total. The normalized spacial score (nSPS) is 12.6. The Morgan fingerprint density at radius 1 is 0.805 bits per heavy atom. The minimum Gasteiger partial charge on any atom is -0.301 e.